The van der Waals surface area contributed by atoms with Crippen molar-refractivity contribution in [2.24, 2.45) is 0 Å². The van der Waals surface area contributed by atoms with Crippen LogP contribution >= 0.6 is 0 Å². The molecule has 0 saturated heterocycles. The third-order valence-corrected chi connectivity index (χ3v) is 5.03. The molecule has 0 aliphatic heterocycles. The van der Waals surface area contributed by atoms with Gasteiger partial charge in [-0.2, -0.15) is 0 Å². The van der Waals surface area contributed by atoms with Crippen LogP contribution in [0.2, 0.25) is 0 Å². The summed E-state index contributed by atoms with van der Waals surface area (Å²) in [4.78, 5) is 19.0. The minimum absolute atomic E-state index is 0.0208. The van der Waals surface area contributed by atoms with Gasteiger partial charge >= 0.3 is 0 Å². The first-order valence-electron chi connectivity index (χ1n) is 9.96. The van der Waals surface area contributed by atoms with E-state index >= 15 is 0 Å². The van der Waals surface area contributed by atoms with Gasteiger partial charge in [0.05, 0.1) is 11.3 Å². The topological polar surface area (TPSA) is 45.2 Å². The zero-order chi connectivity index (χ0) is 18.9. The second-order valence-electron chi connectivity index (χ2n) is 7.05. The Labute approximate surface area is 162 Å². The van der Waals surface area contributed by atoms with Crippen molar-refractivity contribution in [1.29, 1.82) is 0 Å². The van der Waals surface area contributed by atoms with Gasteiger partial charge in [-0.15, -0.1) is 0 Å². The number of nitrogens with one attached hydrogen (secondary N) is 1. The SMILES string of the molecule is CCN(Cc1ccccc1)C(=O)c1cncc(NCCC2=CCCCC2)c1. The summed E-state index contributed by atoms with van der Waals surface area (Å²) in [5.41, 5.74) is 4.23. The zero-order valence-electron chi connectivity index (χ0n) is 16.2. The number of nitrogens with zero attached hydrogens (tertiary/aromatic N) is 2. The van der Waals surface area contributed by atoms with Crippen LogP contribution in [0.3, 0.4) is 0 Å². The summed E-state index contributed by atoms with van der Waals surface area (Å²) in [6, 6.07) is 12.0. The number of hydrogen-bond donors (Lipinski definition) is 1. The lowest BCUT2D eigenvalue weighted by molar-refractivity contribution is 0.0752. The second-order valence-corrected chi connectivity index (χ2v) is 7.05. The third kappa shape index (κ3) is 5.68. The van der Waals surface area contributed by atoms with Crippen LogP contribution in [0, 0.1) is 0 Å². The van der Waals surface area contributed by atoms with Crippen LogP contribution in [0.4, 0.5) is 5.69 Å². The number of benzene rings is 1. The Balaban J connectivity index is 1.59. The Morgan fingerprint density at radius 2 is 2.04 bits per heavy atom. The van der Waals surface area contributed by atoms with Gasteiger partial charge in [-0.3, -0.25) is 9.78 Å². The first-order valence-corrected chi connectivity index (χ1v) is 9.96. The van der Waals surface area contributed by atoms with Gasteiger partial charge in [0.25, 0.3) is 5.91 Å². The molecule has 27 heavy (non-hydrogen) atoms. The molecule has 0 spiro atoms. The first-order chi connectivity index (χ1) is 13.3. The van der Waals surface area contributed by atoms with Crippen molar-refractivity contribution in [1.82, 2.24) is 9.88 Å². The van der Waals surface area contributed by atoms with E-state index in [1.54, 1.807) is 18.0 Å². The molecule has 4 heteroatoms. The Morgan fingerprint density at radius 1 is 1.19 bits per heavy atom. The maximum Gasteiger partial charge on any atom is 0.255 e. The molecule has 1 aliphatic carbocycles. The third-order valence-electron chi connectivity index (χ3n) is 5.03. The molecule has 0 atom stereocenters. The molecule has 1 aliphatic rings. The number of carbonyl (C=O) groups excluding carboxylic acids is 1. The van der Waals surface area contributed by atoms with E-state index in [4.69, 9.17) is 0 Å². The van der Waals surface area contributed by atoms with E-state index in [1.807, 2.05) is 48.2 Å². The molecule has 0 bridgehead atoms. The summed E-state index contributed by atoms with van der Waals surface area (Å²) >= 11 is 0. The lowest BCUT2D eigenvalue weighted by Gasteiger charge is -2.21. The van der Waals surface area contributed by atoms with Crippen LogP contribution in [-0.4, -0.2) is 28.9 Å². The van der Waals surface area contributed by atoms with Crippen LogP contribution in [0.5, 0.6) is 0 Å². The highest BCUT2D eigenvalue weighted by atomic mass is 16.2. The highest BCUT2D eigenvalue weighted by Gasteiger charge is 2.15. The van der Waals surface area contributed by atoms with E-state index in [9.17, 15) is 4.79 Å². The Morgan fingerprint density at radius 3 is 2.78 bits per heavy atom. The number of carbonyl (C=O) groups is 1. The fraction of sp³-hybridized carbons (Fsp3) is 0.391. The first kappa shape index (κ1) is 19.2. The molecule has 1 amide bonds. The molecule has 3 rings (SSSR count). The van der Waals surface area contributed by atoms with Gasteiger partial charge in [0.2, 0.25) is 0 Å². The molecule has 1 aromatic heterocycles. The quantitative estimate of drug-likeness (QED) is 0.668. The second kappa shape index (κ2) is 9.91. The van der Waals surface area contributed by atoms with E-state index in [-0.39, 0.29) is 5.91 Å². The maximum atomic E-state index is 12.9. The maximum absolute atomic E-state index is 12.9. The van der Waals surface area contributed by atoms with Gasteiger partial charge < -0.3 is 10.2 Å². The number of amides is 1. The summed E-state index contributed by atoms with van der Waals surface area (Å²) in [7, 11) is 0. The van der Waals surface area contributed by atoms with Gasteiger partial charge in [0, 0.05) is 32.0 Å². The van der Waals surface area contributed by atoms with Crippen LogP contribution in [0.1, 0.15) is 54.9 Å². The Kier molecular flexibility index (Phi) is 7.03. The molecule has 0 unspecified atom stereocenters. The van der Waals surface area contributed by atoms with Gasteiger partial charge in [-0.25, -0.2) is 0 Å². The number of anilines is 1. The molecule has 0 radical (unpaired) electrons. The monoisotopic (exact) mass is 363 g/mol. The fourth-order valence-electron chi connectivity index (χ4n) is 3.47. The highest BCUT2D eigenvalue weighted by molar-refractivity contribution is 5.94. The van der Waals surface area contributed by atoms with Crippen LogP contribution < -0.4 is 5.32 Å². The average Bonchev–Trinajstić information content (AvgIpc) is 2.73. The minimum atomic E-state index is 0.0208. The standard InChI is InChI=1S/C23H29N3O/c1-2-26(18-20-11-7-4-8-12-20)23(27)21-15-22(17-24-16-21)25-14-13-19-9-5-3-6-10-19/h4,7-9,11-12,15-17,25H,2-3,5-6,10,13-14,18H2,1H3. The molecular formula is C23H29N3O. The predicted octanol–water partition coefficient (Wildman–Crippen LogP) is 5.05. The van der Waals surface area contributed by atoms with Gasteiger partial charge in [-0.1, -0.05) is 42.0 Å². The Hall–Kier alpha value is -2.62. The van der Waals surface area contributed by atoms with Crippen molar-refractivity contribution in [3.8, 4) is 0 Å². The number of pyridine rings is 1. The average molecular weight is 364 g/mol. The molecule has 0 saturated carbocycles. The lowest BCUT2D eigenvalue weighted by Crippen LogP contribution is -2.30. The number of aromatic nitrogens is 1. The molecule has 2 aromatic rings. The molecular weight excluding hydrogens is 334 g/mol. The normalized spacial score (nSPS) is 13.7. The van der Waals surface area contributed by atoms with Crippen LogP contribution in [0.25, 0.3) is 0 Å². The fourth-order valence-corrected chi connectivity index (χ4v) is 3.47. The van der Waals surface area contributed by atoms with Crippen molar-refractivity contribution in [2.45, 2.75) is 45.6 Å². The van der Waals surface area contributed by atoms with Crippen LogP contribution in [0.15, 0.2) is 60.4 Å². The van der Waals surface area contributed by atoms with Crippen molar-refractivity contribution < 1.29 is 4.79 Å². The molecule has 0 fully saturated rings. The number of rotatable bonds is 8. The van der Waals surface area contributed by atoms with Crippen molar-refractivity contribution in [3.63, 3.8) is 0 Å². The molecule has 4 nitrogen and oxygen atoms in total. The van der Waals surface area contributed by atoms with Crippen molar-refractivity contribution >= 4 is 11.6 Å². The predicted molar refractivity (Wildman–Crippen MR) is 111 cm³/mol. The van der Waals surface area contributed by atoms with E-state index in [0.717, 1.165) is 24.2 Å². The van der Waals surface area contributed by atoms with E-state index in [2.05, 4.69) is 16.4 Å². The highest BCUT2D eigenvalue weighted by Crippen LogP contribution is 2.20. The largest absolute Gasteiger partial charge is 0.383 e. The molecule has 1 aromatic carbocycles. The van der Waals surface area contributed by atoms with E-state index < -0.39 is 0 Å². The van der Waals surface area contributed by atoms with Crippen molar-refractivity contribution in [3.05, 3.63) is 71.6 Å². The summed E-state index contributed by atoms with van der Waals surface area (Å²) in [6.07, 6.45) is 12.0. The smallest absolute Gasteiger partial charge is 0.255 e. The van der Waals surface area contributed by atoms with Crippen LogP contribution in [-0.2, 0) is 6.54 Å². The van der Waals surface area contributed by atoms with Gasteiger partial charge in [-0.05, 0) is 50.7 Å². The van der Waals surface area contributed by atoms with Gasteiger partial charge in [0.15, 0.2) is 0 Å². The van der Waals surface area contributed by atoms with E-state index in [0.29, 0.717) is 18.7 Å². The lowest BCUT2D eigenvalue weighted by atomic mass is 9.97. The number of hydrogen-bond acceptors (Lipinski definition) is 3. The molecule has 1 heterocycles. The summed E-state index contributed by atoms with van der Waals surface area (Å²) in [5.74, 6) is 0.0208. The van der Waals surface area contributed by atoms with E-state index in [1.165, 1.54) is 25.7 Å². The minimum Gasteiger partial charge on any atom is -0.383 e. The summed E-state index contributed by atoms with van der Waals surface area (Å²) in [6.45, 7) is 4.17. The zero-order valence-corrected chi connectivity index (χ0v) is 16.2. The molecule has 1 N–H and O–H groups in total. The summed E-state index contributed by atoms with van der Waals surface area (Å²) in [5, 5.41) is 3.42. The molecule has 142 valence electrons. The van der Waals surface area contributed by atoms with Gasteiger partial charge in [0.1, 0.15) is 0 Å². The summed E-state index contributed by atoms with van der Waals surface area (Å²) < 4.78 is 0. The number of allylic oxidation sites excluding steroid dienone is 1. The van der Waals surface area contributed by atoms with Crippen molar-refractivity contribution in [2.75, 3.05) is 18.4 Å². The Bertz CT molecular complexity index is 770.